The Bertz CT molecular complexity index is 1850. The second kappa shape index (κ2) is 11.6. The van der Waals surface area contributed by atoms with Crippen molar-refractivity contribution < 1.29 is 23.5 Å². The van der Waals surface area contributed by atoms with Crippen molar-refractivity contribution in [2.75, 3.05) is 24.0 Å². The van der Waals surface area contributed by atoms with Gasteiger partial charge in [-0.05, 0) is 55.3 Å². The third kappa shape index (κ3) is 5.22. The van der Waals surface area contributed by atoms with Crippen molar-refractivity contribution in [2.45, 2.75) is 25.6 Å². The molecule has 5 aromatic rings. The molecule has 4 heterocycles. The van der Waals surface area contributed by atoms with Crippen molar-refractivity contribution in [2.24, 2.45) is 0 Å². The van der Waals surface area contributed by atoms with Gasteiger partial charge in [0.25, 0.3) is 0 Å². The topological polar surface area (TPSA) is 98.8 Å². The summed E-state index contributed by atoms with van der Waals surface area (Å²) >= 11 is 1.51. The molecule has 9 nitrogen and oxygen atoms in total. The molecule has 0 saturated carbocycles. The van der Waals surface area contributed by atoms with Gasteiger partial charge in [0.1, 0.15) is 18.1 Å². The highest BCUT2D eigenvalue weighted by molar-refractivity contribution is 8.00. The number of nitrogens with one attached hydrogen (secondary N) is 1. The highest BCUT2D eigenvalue weighted by Gasteiger charge is 2.38. The molecule has 0 bridgehead atoms. The molecule has 2 aliphatic rings. The average molecular weight is 607 g/mol. The van der Waals surface area contributed by atoms with Crippen LogP contribution in [0.25, 0.3) is 16.9 Å². The van der Waals surface area contributed by atoms with Crippen LogP contribution in [0.15, 0.2) is 89.5 Å². The van der Waals surface area contributed by atoms with E-state index in [2.05, 4.69) is 11.4 Å². The highest BCUT2D eigenvalue weighted by atomic mass is 32.2. The molecule has 3 aromatic carbocycles. The molecule has 1 N–H and O–H groups in total. The van der Waals surface area contributed by atoms with Crippen LogP contribution in [0.1, 0.15) is 33.3 Å². The van der Waals surface area contributed by atoms with E-state index in [1.807, 2.05) is 79.2 Å². The number of aryl methyl sites for hydroxylation is 2. The maximum atomic E-state index is 14.0. The van der Waals surface area contributed by atoms with Crippen molar-refractivity contribution >= 4 is 29.4 Å². The molecule has 2 amide bonds. The summed E-state index contributed by atoms with van der Waals surface area (Å²) in [4.78, 5) is 28.9. The summed E-state index contributed by atoms with van der Waals surface area (Å²) < 4.78 is 18.5. The van der Waals surface area contributed by atoms with E-state index in [4.69, 9.17) is 19.0 Å². The third-order valence-electron chi connectivity index (χ3n) is 7.76. The van der Waals surface area contributed by atoms with Gasteiger partial charge in [-0.3, -0.25) is 14.5 Å². The Balaban J connectivity index is 1.42. The van der Waals surface area contributed by atoms with Crippen molar-refractivity contribution in [1.29, 1.82) is 0 Å². The number of amides is 2. The van der Waals surface area contributed by atoms with E-state index in [-0.39, 0.29) is 42.7 Å². The van der Waals surface area contributed by atoms with Gasteiger partial charge in [0.2, 0.25) is 18.6 Å². The standard InChI is InChI=1S/C34H30N4O5S/c1-21-10-12-26(22(2)15-21)38-34-31(32(36-38)23-7-4-3-5-8-23)33(24-11-13-27-28(16-24)43-20-42-27)44-19-30(40)37(34)18-29(39)35-17-25-9-6-14-41-25/h3-16,33H,17-20H2,1-2H3,(H,35,39)/t33-/m1/s1. The molecule has 10 heteroatoms. The van der Waals surface area contributed by atoms with Gasteiger partial charge in [-0.1, -0.05) is 54.1 Å². The quantitative estimate of drug-likeness (QED) is 0.244. The molecule has 1 atom stereocenters. The minimum atomic E-state index is -0.304. The van der Waals surface area contributed by atoms with E-state index in [0.717, 1.165) is 39.2 Å². The van der Waals surface area contributed by atoms with E-state index in [1.54, 1.807) is 23.3 Å². The Morgan fingerprint density at radius 2 is 1.84 bits per heavy atom. The van der Waals surface area contributed by atoms with Crippen molar-refractivity contribution in [3.05, 3.63) is 113 Å². The van der Waals surface area contributed by atoms with Gasteiger partial charge in [0.05, 0.1) is 35.2 Å². The van der Waals surface area contributed by atoms with Crippen molar-refractivity contribution in [3.63, 3.8) is 0 Å². The zero-order valence-electron chi connectivity index (χ0n) is 24.3. The number of anilines is 1. The van der Waals surface area contributed by atoms with E-state index in [9.17, 15) is 9.59 Å². The van der Waals surface area contributed by atoms with Gasteiger partial charge in [0.15, 0.2) is 11.5 Å². The lowest BCUT2D eigenvalue weighted by molar-refractivity contribution is -0.123. The molecule has 2 aromatic heterocycles. The zero-order chi connectivity index (χ0) is 30.2. The molecular weight excluding hydrogens is 576 g/mol. The molecule has 0 radical (unpaired) electrons. The molecular formula is C34H30N4O5S. The Hall–Kier alpha value is -4.96. The largest absolute Gasteiger partial charge is 0.467 e. The fraction of sp³-hybridized carbons (Fsp3) is 0.206. The first kappa shape index (κ1) is 27.8. The summed E-state index contributed by atoms with van der Waals surface area (Å²) in [6, 6.07) is 25.5. The maximum Gasteiger partial charge on any atom is 0.240 e. The first-order valence-electron chi connectivity index (χ1n) is 14.3. The van der Waals surface area contributed by atoms with E-state index >= 15 is 0 Å². The summed E-state index contributed by atoms with van der Waals surface area (Å²) in [7, 11) is 0. The summed E-state index contributed by atoms with van der Waals surface area (Å²) in [5, 5.41) is 7.81. The van der Waals surface area contributed by atoms with Gasteiger partial charge < -0.3 is 19.2 Å². The third-order valence-corrected chi connectivity index (χ3v) is 9.01. The zero-order valence-corrected chi connectivity index (χ0v) is 25.1. The van der Waals surface area contributed by atoms with Crippen LogP contribution in [0.4, 0.5) is 5.82 Å². The lowest BCUT2D eigenvalue weighted by Gasteiger charge is -2.24. The molecule has 44 heavy (non-hydrogen) atoms. The van der Waals surface area contributed by atoms with Crippen molar-refractivity contribution in [1.82, 2.24) is 15.1 Å². The predicted molar refractivity (Wildman–Crippen MR) is 168 cm³/mol. The molecule has 0 fully saturated rings. The highest BCUT2D eigenvalue weighted by Crippen LogP contribution is 2.50. The Kier molecular flexibility index (Phi) is 7.35. The van der Waals surface area contributed by atoms with Gasteiger partial charge >= 0.3 is 0 Å². The normalized spacial score (nSPS) is 15.6. The van der Waals surface area contributed by atoms with Gasteiger partial charge in [0, 0.05) is 11.1 Å². The Morgan fingerprint density at radius 3 is 2.64 bits per heavy atom. The summed E-state index contributed by atoms with van der Waals surface area (Å²) in [6.45, 7) is 4.29. The minimum Gasteiger partial charge on any atom is -0.467 e. The second-order valence-corrected chi connectivity index (χ2v) is 11.9. The number of rotatable bonds is 7. The number of nitrogens with zero attached hydrogens (tertiary/aromatic N) is 3. The first-order valence-corrected chi connectivity index (χ1v) is 15.4. The van der Waals surface area contributed by atoms with Gasteiger partial charge in [-0.2, -0.15) is 5.10 Å². The number of furan rings is 1. The fourth-order valence-corrected chi connectivity index (χ4v) is 6.87. The van der Waals surface area contributed by atoms with Crippen molar-refractivity contribution in [3.8, 4) is 28.4 Å². The molecule has 2 aliphatic heterocycles. The maximum absolute atomic E-state index is 14.0. The summed E-state index contributed by atoms with van der Waals surface area (Å²) in [6.07, 6.45) is 1.56. The monoisotopic (exact) mass is 606 g/mol. The second-order valence-electron chi connectivity index (χ2n) is 10.8. The van der Waals surface area contributed by atoms with Crippen LogP contribution in [0.2, 0.25) is 0 Å². The molecule has 7 rings (SSSR count). The molecule has 222 valence electrons. The first-order chi connectivity index (χ1) is 21.5. The van der Waals surface area contributed by atoms with Crippen LogP contribution in [0.5, 0.6) is 11.5 Å². The smallest absolute Gasteiger partial charge is 0.240 e. The van der Waals surface area contributed by atoms with E-state index in [0.29, 0.717) is 23.1 Å². The van der Waals surface area contributed by atoms with Crippen LogP contribution in [0.3, 0.4) is 0 Å². The van der Waals surface area contributed by atoms with Crippen LogP contribution in [-0.2, 0) is 16.1 Å². The SMILES string of the molecule is Cc1ccc(-n2nc(-c3ccccc3)c3c2N(CC(=O)NCc2ccco2)C(=O)CS[C@@H]3c2ccc3c(c2)OCO3)c(C)c1. The molecule has 0 unspecified atom stereocenters. The Morgan fingerprint density at radius 1 is 1.00 bits per heavy atom. The van der Waals surface area contributed by atoms with Crippen LogP contribution in [-0.4, -0.2) is 40.7 Å². The minimum absolute atomic E-state index is 0.167. The van der Waals surface area contributed by atoms with Crippen LogP contribution >= 0.6 is 11.8 Å². The number of fused-ring (bicyclic) bond motifs is 2. The molecule has 0 saturated heterocycles. The number of carbonyl (C=O) groups excluding carboxylic acids is 2. The number of benzene rings is 3. The van der Waals surface area contributed by atoms with Crippen LogP contribution < -0.4 is 19.7 Å². The number of ether oxygens (including phenoxy) is 2. The lowest BCUT2D eigenvalue weighted by atomic mass is 9.99. The van der Waals surface area contributed by atoms with Gasteiger partial charge in [-0.15, -0.1) is 11.8 Å². The lowest BCUT2D eigenvalue weighted by Crippen LogP contribution is -2.42. The van der Waals surface area contributed by atoms with E-state index in [1.165, 1.54) is 11.8 Å². The predicted octanol–water partition coefficient (Wildman–Crippen LogP) is 5.96. The number of hydrogen-bond donors (Lipinski definition) is 1. The number of hydrogen-bond acceptors (Lipinski definition) is 7. The molecule has 0 aliphatic carbocycles. The Labute approximate surface area is 258 Å². The number of thioether (sulfide) groups is 1. The van der Waals surface area contributed by atoms with Crippen LogP contribution in [0, 0.1) is 13.8 Å². The fourth-order valence-electron chi connectivity index (χ4n) is 5.68. The number of aromatic nitrogens is 2. The average Bonchev–Trinajstić information content (AvgIpc) is 3.78. The summed E-state index contributed by atoms with van der Waals surface area (Å²) in [5.41, 5.74) is 6.41. The number of carbonyl (C=O) groups is 2. The molecule has 0 spiro atoms. The van der Waals surface area contributed by atoms with Gasteiger partial charge in [-0.25, -0.2) is 4.68 Å². The summed E-state index contributed by atoms with van der Waals surface area (Å²) in [5.74, 6) is 2.23. The van der Waals surface area contributed by atoms with E-state index < -0.39 is 0 Å².